The van der Waals surface area contributed by atoms with Crippen LogP contribution in [-0.4, -0.2) is 0 Å². The molecule has 0 fully saturated rings. The van der Waals surface area contributed by atoms with Crippen LogP contribution in [0.3, 0.4) is 0 Å². The monoisotopic (exact) mass is 167 g/mol. The van der Waals surface area contributed by atoms with E-state index in [1.165, 1.54) is 0 Å². The van der Waals surface area contributed by atoms with Crippen LogP contribution >= 0.6 is 0 Å². The summed E-state index contributed by atoms with van der Waals surface area (Å²) in [6.07, 6.45) is 0. The van der Waals surface area contributed by atoms with E-state index in [4.69, 9.17) is 15.8 Å². The van der Waals surface area contributed by atoms with Crippen molar-refractivity contribution in [3.8, 4) is 18.2 Å². The zero-order valence-corrected chi connectivity index (χ0v) is 6.73. The zero-order valence-electron chi connectivity index (χ0n) is 6.73. The Morgan fingerprint density at radius 3 is 1.69 bits per heavy atom. The van der Waals surface area contributed by atoms with Gasteiger partial charge in [-0.25, -0.2) is 0 Å². The smallest absolute Gasteiger partial charge is 0.195 e. The second-order valence-corrected chi connectivity index (χ2v) is 2.45. The molecule has 0 aliphatic heterocycles. The topological polar surface area (TPSA) is 71.4 Å². The fourth-order valence-electron chi connectivity index (χ4n) is 0.957. The Morgan fingerprint density at radius 1 is 0.846 bits per heavy atom. The van der Waals surface area contributed by atoms with Crippen molar-refractivity contribution in [3.05, 3.63) is 35.9 Å². The van der Waals surface area contributed by atoms with Crippen molar-refractivity contribution >= 4 is 0 Å². The molecule has 1 aromatic carbocycles. The summed E-state index contributed by atoms with van der Waals surface area (Å²) in [4.78, 5) is 0. The largest absolute Gasteiger partial charge is 0.253 e. The maximum atomic E-state index is 8.73. The summed E-state index contributed by atoms with van der Waals surface area (Å²) >= 11 is 0. The van der Waals surface area contributed by atoms with Gasteiger partial charge in [-0.15, -0.1) is 0 Å². The molecule has 0 bridgehead atoms. The minimum absolute atomic E-state index is 0.419. The van der Waals surface area contributed by atoms with Crippen molar-refractivity contribution in [2.24, 2.45) is 0 Å². The van der Waals surface area contributed by atoms with Gasteiger partial charge in [-0.2, -0.15) is 15.8 Å². The van der Waals surface area contributed by atoms with Crippen molar-refractivity contribution < 1.29 is 0 Å². The Morgan fingerprint density at radius 2 is 1.31 bits per heavy atom. The second-order valence-electron chi connectivity index (χ2n) is 2.45. The molecular formula is C10H5N3. The van der Waals surface area contributed by atoms with Crippen molar-refractivity contribution in [2.45, 2.75) is 5.41 Å². The quantitative estimate of drug-likeness (QED) is 0.636. The van der Waals surface area contributed by atoms with E-state index in [1.807, 2.05) is 0 Å². The van der Waals surface area contributed by atoms with E-state index in [2.05, 4.69) is 0 Å². The van der Waals surface area contributed by atoms with Crippen LogP contribution in [0, 0.1) is 34.0 Å². The molecule has 60 valence electrons. The van der Waals surface area contributed by atoms with Crippen molar-refractivity contribution in [3.63, 3.8) is 0 Å². The maximum Gasteiger partial charge on any atom is 0.253 e. The first-order valence-corrected chi connectivity index (χ1v) is 3.58. The van der Waals surface area contributed by atoms with E-state index in [1.54, 1.807) is 48.5 Å². The van der Waals surface area contributed by atoms with Gasteiger partial charge in [-0.1, -0.05) is 30.3 Å². The van der Waals surface area contributed by atoms with E-state index >= 15 is 0 Å². The Bertz CT molecular complexity index is 378. The molecule has 0 spiro atoms. The SMILES string of the molecule is N#CC(C#N)(C#N)c1ccccc1. The second kappa shape index (κ2) is 3.39. The fourth-order valence-corrected chi connectivity index (χ4v) is 0.957. The zero-order chi connectivity index (χ0) is 9.73. The van der Waals surface area contributed by atoms with Crippen LogP contribution in [0.2, 0.25) is 0 Å². The third-order valence-electron chi connectivity index (χ3n) is 1.71. The lowest BCUT2D eigenvalue weighted by Crippen LogP contribution is -2.18. The molecule has 0 atom stereocenters. The molecule has 0 aliphatic rings. The highest BCUT2D eigenvalue weighted by Gasteiger charge is 2.31. The van der Waals surface area contributed by atoms with Gasteiger partial charge in [0, 0.05) is 5.56 Å². The van der Waals surface area contributed by atoms with Crippen LogP contribution in [0.25, 0.3) is 0 Å². The number of rotatable bonds is 1. The molecule has 0 unspecified atom stereocenters. The Kier molecular flexibility index (Phi) is 2.29. The van der Waals surface area contributed by atoms with Gasteiger partial charge in [-0.05, 0) is 0 Å². The van der Waals surface area contributed by atoms with E-state index < -0.39 is 5.41 Å². The van der Waals surface area contributed by atoms with Gasteiger partial charge >= 0.3 is 0 Å². The van der Waals surface area contributed by atoms with E-state index in [9.17, 15) is 0 Å². The van der Waals surface area contributed by atoms with Gasteiger partial charge in [0.25, 0.3) is 5.41 Å². The number of nitrogens with zero attached hydrogens (tertiary/aromatic N) is 3. The highest BCUT2D eigenvalue weighted by Crippen LogP contribution is 2.20. The van der Waals surface area contributed by atoms with Crippen LogP contribution in [0.4, 0.5) is 0 Å². The predicted molar refractivity (Wildman–Crippen MR) is 45.0 cm³/mol. The number of hydrogen-bond acceptors (Lipinski definition) is 3. The minimum Gasteiger partial charge on any atom is -0.195 e. The molecule has 1 rings (SSSR count). The predicted octanol–water partition coefficient (Wildman–Crippen LogP) is 1.50. The average molecular weight is 167 g/mol. The molecule has 3 heteroatoms. The van der Waals surface area contributed by atoms with Crippen LogP contribution in [0.1, 0.15) is 5.56 Å². The molecule has 0 heterocycles. The molecule has 0 saturated carbocycles. The van der Waals surface area contributed by atoms with Gasteiger partial charge in [0.2, 0.25) is 0 Å². The van der Waals surface area contributed by atoms with Gasteiger partial charge in [0.1, 0.15) is 18.2 Å². The van der Waals surface area contributed by atoms with Crippen LogP contribution in [0.15, 0.2) is 30.3 Å². The van der Waals surface area contributed by atoms with Gasteiger partial charge in [0.15, 0.2) is 0 Å². The van der Waals surface area contributed by atoms with Crippen LogP contribution in [-0.2, 0) is 5.41 Å². The molecule has 0 radical (unpaired) electrons. The Labute approximate surface area is 76.1 Å². The first kappa shape index (κ1) is 8.78. The molecule has 0 aromatic heterocycles. The molecule has 3 nitrogen and oxygen atoms in total. The normalized spacial score (nSPS) is 9.31. The lowest BCUT2D eigenvalue weighted by molar-refractivity contribution is 0.905. The molecule has 0 amide bonds. The third kappa shape index (κ3) is 1.34. The summed E-state index contributed by atoms with van der Waals surface area (Å²) in [7, 11) is 0. The molecule has 0 N–H and O–H groups in total. The molecule has 0 aliphatic carbocycles. The average Bonchev–Trinajstić information content (AvgIpc) is 2.23. The molecule has 0 saturated heterocycles. The molecule has 1 aromatic rings. The lowest BCUT2D eigenvalue weighted by Gasteiger charge is -2.07. The summed E-state index contributed by atoms with van der Waals surface area (Å²) < 4.78 is 0. The highest BCUT2D eigenvalue weighted by molar-refractivity contribution is 5.47. The van der Waals surface area contributed by atoms with Crippen molar-refractivity contribution in [1.29, 1.82) is 15.8 Å². The van der Waals surface area contributed by atoms with Crippen LogP contribution in [0.5, 0.6) is 0 Å². The van der Waals surface area contributed by atoms with Gasteiger partial charge in [-0.3, -0.25) is 0 Å². The minimum atomic E-state index is -1.67. The Hall–Kier alpha value is -2.31. The Balaban J connectivity index is 3.31. The summed E-state index contributed by atoms with van der Waals surface area (Å²) in [5, 5.41) is 26.2. The van der Waals surface area contributed by atoms with Crippen LogP contribution < -0.4 is 0 Å². The first-order chi connectivity index (χ1) is 6.29. The van der Waals surface area contributed by atoms with E-state index in [0.717, 1.165) is 0 Å². The van der Waals surface area contributed by atoms with Gasteiger partial charge < -0.3 is 0 Å². The number of benzene rings is 1. The molecular weight excluding hydrogens is 162 g/mol. The molecule has 13 heavy (non-hydrogen) atoms. The first-order valence-electron chi connectivity index (χ1n) is 3.58. The summed E-state index contributed by atoms with van der Waals surface area (Å²) in [5.41, 5.74) is -1.25. The lowest BCUT2D eigenvalue weighted by atomic mass is 9.85. The summed E-state index contributed by atoms with van der Waals surface area (Å²) in [5.74, 6) is 0. The number of hydrogen-bond donors (Lipinski definition) is 0. The third-order valence-corrected chi connectivity index (χ3v) is 1.71. The highest BCUT2D eigenvalue weighted by atomic mass is 14.4. The van der Waals surface area contributed by atoms with E-state index in [0.29, 0.717) is 5.56 Å². The van der Waals surface area contributed by atoms with E-state index in [-0.39, 0.29) is 0 Å². The van der Waals surface area contributed by atoms with Crippen molar-refractivity contribution in [1.82, 2.24) is 0 Å². The standard InChI is InChI=1S/C10H5N3/c11-6-10(7-12,8-13)9-4-2-1-3-5-9/h1-5H. The van der Waals surface area contributed by atoms with Crippen molar-refractivity contribution in [2.75, 3.05) is 0 Å². The maximum absolute atomic E-state index is 8.73. The summed E-state index contributed by atoms with van der Waals surface area (Å²) in [6, 6.07) is 13.5. The fraction of sp³-hybridized carbons (Fsp3) is 0.100. The summed E-state index contributed by atoms with van der Waals surface area (Å²) in [6.45, 7) is 0. The number of nitriles is 3. The van der Waals surface area contributed by atoms with Gasteiger partial charge in [0.05, 0.1) is 0 Å².